The van der Waals surface area contributed by atoms with E-state index < -0.39 is 35.5 Å². The van der Waals surface area contributed by atoms with E-state index in [0.29, 0.717) is 59.2 Å². The molecule has 3 unspecified atom stereocenters. The van der Waals surface area contributed by atoms with Crippen molar-refractivity contribution in [3.63, 3.8) is 0 Å². The van der Waals surface area contributed by atoms with Gasteiger partial charge in [-0.15, -0.1) is 6.42 Å². The van der Waals surface area contributed by atoms with Crippen LogP contribution >= 0.6 is 0 Å². The summed E-state index contributed by atoms with van der Waals surface area (Å²) < 4.78 is 23.5. The number of imide groups is 2. The summed E-state index contributed by atoms with van der Waals surface area (Å²) in [5, 5.41) is 8.17. The van der Waals surface area contributed by atoms with Crippen LogP contribution in [0.3, 0.4) is 0 Å². The van der Waals surface area contributed by atoms with Crippen LogP contribution in [0.25, 0.3) is 32.9 Å². The number of anilines is 1. The fourth-order valence-electron chi connectivity index (χ4n) is 11.1. The number of nitrogens with zero attached hydrogens (tertiary/aromatic N) is 8. The molecular formula is C50H51FN10O5. The van der Waals surface area contributed by atoms with Crippen molar-refractivity contribution in [3.8, 4) is 29.6 Å². The molecule has 8 heterocycles. The van der Waals surface area contributed by atoms with E-state index in [0.717, 1.165) is 92.7 Å². The first-order chi connectivity index (χ1) is 32.1. The van der Waals surface area contributed by atoms with Crippen molar-refractivity contribution in [2.45, 2.75) is 75.3 Å². The monoisotopic (exact) mass is 890 g/mol. The highest BCUT2D eigenvalue weighted by Crippen LogP contribution is 2.38. The smallest absolute Gasteiger partial charge is 0.319 e. The maximum absolute atomic E-state index is 17.0. The summed E-state index contributed by atoms with van der Waals surface area (Å²) in [7, 11) is 2.15. The second kappa shape index (κ2) is 17.1. The lowest BCUT2D eigenvalue weighted by Crippen LogP contribution is -2.54. The van der Waals surface area contributed by atoms with Crippen LogP contribution in [0, 0.1) is 18.2 Å². The van der Waals surface area contributed by atoms with E-state index in [1.54, 1.807) is 18.3 Å². The Balaban J connectivity index is 0.744. The number of halogens is 1. The average Bonchev–Trinajstić information content (AvgIpc) is 3.94. The number of fused-ring (bicyclic) bond motifs is 5. The van der Waals surface area contributed by atoms with E-state index in [9.17, 15) is 19.2 Å². The van der Waals surface area contributed by atoms with E-state index in [1.807, 2.05) is 42.5 Å². The van der Waals surface area contributed by atoms with E-state index in [-0.39, 0.29) is 41.7 Å². The van der Waals surface area contributed by atoms with Gasteiger partial charge < -0.3 is 15.0 Å². The number of carbonyl (C=O) groups excluding carboxylic acids is 4. The molecule has 11 rings (SSSR count). The molecule has 6 aliphatic rings. The number of likely N-dealkylation sites (tertiary alicyclic amines) is 1. The Kier molecular flexibility index (Phi) is 11.0. The number of rotatable bonds is 10. The molecule has 5 saturated heterocycles. The first-order valence-corrected chi connectivity index (χ1v) is 23.1. The van der Waals surface area contributed by atoms with Gasteiger partial charge >= 0.3 is 6.01 Å². The highest BCUT2D eigenvalue weighted by molar-refractivity contribution is 6.23. The van der Waals surface area contributed by atoms with Crippen molar-refractivity contribution in [3.05, 3.63) is 88.9 Å². The molecule has 2 bridgehead atoms. The third-order valence-electron chi connectivity index (χ3n) is 14.7. The summed E-state index contributed by atoms with van der Waals surface area (Å²) in [5.74, 6) is 0.873. The number of piperazine rings is 2. The number of hydrogen-bond acceptors (Lipinski definition) is 13. The van der Waals surface area contributed by atoms with Crippen molar-refractivity contribution in [2.24, 2.45) is 0 Å². The molecule has 3 aromatic carbocycles. The van der Waals surface area contributed by atoms with Crippen molar-refractivity contribution < 1.29 is 28.3 Å². The summed E-state index contributed by atoms with van der Waals surface area (Å²) in [4.78, 5) is 75.7. The van der Waals surface area contributed by atoms with Gasteiger partial charge in [-0.1, -0.05) is 42.3 Å². The number of pyridine rings is 1. The molecule has 15 nitrogen and oxygen atoms in total. The molecule has 338 valence electrons. The topological polar surface area (TPSA) is 156 Å². The molecular weight excluding hydrogens is 840 g/mol. The number of benzene rings is 3. The molecule has 16 heteroatoms. The van der Waals surface area contributed by atoms with Gasteiger partial charge in [-0.05, 0) is 68.3 Å². The van der Waals surface area contributed by atoms with Crippen LogP contribution in [-0.2, 0) is 16.1 Å². The van der Waals surface area contributed by atoms with Gasteiger partial charge in [0.1, 0.15) is 29.7 Å². The fraction of sp³-hybridized carbons (Fsp3) is 0.420. The Labute approximate surface area is 381 Å². The molecule has 6 aliphatic heterocycles. The minimum atomic E-state index is -0.984. The second-order valence-corrected chi connectivity index (χ2v) is 18.7. The number of terminal acetylenes is 1. The highest BCUT2D eigenvalue weighted by Gasteiger charge is 2.45. The largest absolute Gasteiger partial charge is 0.462 e. The third-order valence-corrected chi connectivity index (χ3v) is 14.7. The summed E-state index contributed by atoms with van der Waals surface area (Å²) in [5.41, 5.74) is 3.16. The number of aromatic nitrogens is 3. The molecule has 66 heavy (non-hydrogen) atoms. The number of carbonyl (C=O) groups is 4. The predicted molar refractivity (Wildman–Crippen MR) is 245 cm³/mol. The number of piperidine rings is 1. The molecule has 0 radical (unpaired) electrons. The van der Waals surface area contributed by atoms with E-state index in [2.05, 4.69) is 43.2 Å². The summed E-state index contributed by atoms with van der Waals surface area (Å²) in [6, 6.07) is 17.1. The average molecular weight is 891 g/mol. The van der Waals surface area contributed by atoms with Gasteiger partial charge in [0.25, 0.3) is 11.8 Å². The lowest BCUT2D eigenvalue weighted by Gasteiger charge is -2.37. The van der Waals surface area contributed by atoms with Gasteiger partial charge in [-0.3, -0.25) is 49.1 Å². The van der Waals surface area contributed by atoms with Gasteiger partial charge in [-0.25, -0.2) is 4.39 Å². The molecule has 4 amide bonds. The first-order valence-electron chi connectivity index (χ1n) is 23.1. The molecule has 0 aliphatic carbocycles. The quantitative estimate of drug-likeness (QED) is 0.154. The Morgan fingerprint density at radius 1 is 0.848 bits per heavy atom. The summed E-state index contributed by atoms with van der Waals surface area (Å²) >= 11 is 0. The fourth-order valence-corrected chi connectivity index (χ4v) is 11.1. The van der Waals surface area contributed by atoms with Gasteiger partial charge in [0.15, 0.2) is 5.82 Å². The van der Waals surface area contributed by atoms with Crippen LogP contribution in [0.5, 0.6) is 6.01 Å². The van der Waals surface area contributed by atoms with Crippen LogP contribution < -0.4 is 20.3 Å². The Morgan fingerprint density at radius 2 is 1.59 bits per heavy atom. The number of nitrogens with one attached hydrogen (secondary N) is 2. The van der Waals surface area contributed by atoms with Crippen LogP contribution in [0.4, 0.5) is 10.2 Å². The second-order valence-electron chi connectivity index (χ2n) is 18.7. The highest BCUT2D eigenvalue weighted by atomic mass is 19.1. The molecule has 5 fully saturated rings. The molecule has 2 aromatic heterocycles. The Hall–Kier alpha value is -6.38. The van der Waals surface area contributed by atoms with Crippen LogP contribution in [0.2, 0.25) is 0 Å². The maximum atomic E-state index is 17.0. The summed E-state index contributed by atoms with van der Waals surface area (Å²) in [6.45, 7) is 6.93. The lowest BCUT2D eigenvalue weighted by atomic mass is 9.97. The van der Waals surface area contributed by atoms with E-state index in [1.165, 1.54) is 0 Å². The van der Waals surface area contributed by atoms with Crippen LogP contribution in [0.1, 0.15) is 70.4 Å². The van der Waals surface area contributed by atoms with E-state index in [4.69, 9.17) is 26.1 Å². The number of ether oxygens (including phenoxy) is 1. The summed E-state index contributed by atoms with van der Waals surface area (Å²) in [6.07, 6.45) is 12.0. The van der Waals surface area contributed by atoms with Gasteiger partial charge in [0, 0.05) is 106 Å². The normalized spacial score (nSPS) is 25.0. The van der Waals surface area contributed by atoms with Gasteiger partial charge in [0.05, 0.1) is 16.5 Å². The Morgan fingerprint density at radius 3 is 2.36 bits per heavy atom. The van der Waals surface area contributed by atoms with Crippen LogP contribution in [0.15, 0.2) is 60.8 Å². The number of amides is 4. The zero-order valence-corrected chi connectivity index (χ0v) is 36.8. The molecule has 0 spiro atoms. The molecule has 5 atom stereocenters. The molecule has 5 aromatic rings. The van der Waals surface area contributed by atoms with Crippen molar-refractivity contribution in [1.29, 1.82) is 0 Å². The predicted octanol–water partition coefficient (Wildman–Crippen LogP) is 3.97. The minimum Gasteiger partial charge on any atom is -0.462 e. The lowest BCUT2D eigenvalue weighted by molar-refractivity contribution is -0.136. The number of hydrogen-bond donors (Lipinski definition) is 2. The Bertz CT molecular complexity index is 2840. The molecule has 2 N–H and O–H groups in total. The van der Waals surface area contributed by atoms with Crippen molar-refractivity contribution in [2.75, 3.05) is 64.4 Å². The van der Waals surface area contributed by atoms with Gasteiger partial charge in [0.2, 0.25) is 11.8 Å². The van der Waals surface area contributed by atoms with Crippen LogP contribution in [-0.4, -0.2) is 148 Å². The SMILES string of the molecule is C#Cc1cccc2cccc(-c3ncc4c(N5CC6CCC(C5)N6)nc(OC[C@@H]5CC[C@H](CN6CCN(Cc7ccc8c(c7)C(=O)N(C7CCC(=O)NC7=O)C8=O)CC6)N5C)nc4c3F)c12. The zero-order chi connectivity index (χ0) is 45.2. The zero-order valence-electron chi connectivity index (χ0n) is 36.8. The third kappa shape index (κ3) is 7.63. The maximum Gasteiger partial charge on any atom is 0.319 e. The first kappa shape index (κ1) is 42.3. The van der Waals surface area contributed by atoms with E-state index >= 15 is 4.39 Å². The minimum absolute atomic E-state index is 0.0837. The number of likely N-dealkylation sites (N-methyl/N-ethyl adjacent to an activating group) is 1. The standard InChI is InChI=1S/C50H51FN10O5/c1-3-30-6-4-7-31-8-5-9-37(42(30)31)44-43(51)45-39(23-52-44)46(60-25-32-11-12-33(26-60)53-32)56-50(55-45)66-28-35-14-13-34(57(35)2)27-59-20-18-58(19-21-59)24-29-10-15-36-38(22-29)49(65)61(48(36)64)40-16-17-41(62)54-47(40)63/h1,4-10,15,22-23,32-35,40,53H,11-14,16-21,24-28H2,2H3,(H,54,62,63)/t32?,33?,34-,35+,40?/m1/s1. The molecule has 0 saturated carbocycles. The van der Waals surface area contributed by atoms with Crippen molar-refractivity contribution >= 4 is 51.1 Å². The van der Waals surface area contributed by atoms with Gasteiger partial charge in [-0.2, -0.15) is 9.97 Å². The van der Waals surface area contributed by atoms with Crippen molar-refractivity contribution in [1.82, 2.24) is 45.2 Å².